The molecule has 7 N–H and O–H groups in total. The fraction of sp³-hybridized carbons (Fsp3) is 1.00. The Morgan fingerprint density at radius 1 is 1.25 bits per heavy atom. The van der Waals surface area contributed by atoms with Crippen molar-refractivity contribution in [1.82, 2.24) is 0 Å². The zero-order valence-corrected chi connectivity index (χ0v) is 8.17. The molecule has 1 unspecified atom stereocenters. The van der Waals surface area contributed by atoms with Gasteiger partial charge in [-0.1, -0.05) is 0 Å². The van der Waals surface area contributed by atoms with Crippen LogP contribution in [0.2, 0.25) is 0 Å². The first kappa shape index (κ1) is 17.8. The largest absolute Gasteiger partial charge is 0.412 e. The summed E-state index contributed by atoms with van der Waals surface area (Å²) in [6.07, 6.45) is 1.42. The highest BCUT2D eigenvalue weighted by molar-refractivity contribution is 4.43. The molecule has 0 saturated heterocycles. The fourth-order valence-corrected chi connectivity index (χ4v) is 0.688. The average molecular weight is 183 g/mol. The van der Waals surface area contributed by atoms with Crippen molar-refractivity contribution < 1.29 is 20.5 Å². The van der Waals surface area contributed by atoms with Gasteiger partial charge in [0.25, 0.3) is 0 Å². The molecule has 0 bridgehead atoms. The molecule has 12 heavy (non-hydrogen) atoms. The molecule has 0 aromatic carbocycles. The number of aliphatic hydroxyl groups is 1. The summed E-state index contributed by atoms with van der Waals surface area (Å²) in [5.41, 5.74) is 5.30. The first-order valence-electron chi connectivity index (χ1n) is 3.67. The summed E-state index contributed by atoms with van der Waals surface area (Å²) in [5, 5.41) is 9.43. The maximum absolute atomic E-state index is 9.43. The zero-order valence-electron chi connectivity index (χ0n) is 8.17. The van der Waals surface area contributed by atoms with Crippen LogP contribution in [0.1, 0.15) is 12.8 Å². The summed E-state index contributed by atoms with van der Waals surface area (Å²) in [7, 11) is 5.92. The van der Waals surface area contributed by atoms with E-state index in [1.54, 1.807) is 0 Å². The van der Waals surface area contributed by atoms with Gasteiger partial charge in [0.1, 0.15) is 0 Å². The molecule has 0 amide bonds. The van der Waals surface area contributed by atoms with E-state index in [9.17, 15) is 5.11 Å². The van der Waals surface area contributed by atoms with Crippen LogP contribution in [0, 0.1) is 0 Å². The van der Waals surface area contributed by atoms with Crippen LogP contribution in [-0.4, -0.2) is 54.5 Å². The van der Waals surface area contributed by atoms with Crippen LogP contribution < -0.4 is 5.73 Å². The van der Waals surface area contributed by atoms with Crippen molar-refractivity contribution in [3.05, 3.63) is 0 Å². The Balaban J connectivity index is -0.000000405. The molecule has 78 valence electrons. The molecule has 5 nitrogen and oxygen atoms in total. The van der Waals surface area contributed by atoms with Gasteiger partial charge in [-0.15, -0.1) is 0 Å². The predicted octanol–water partition coefficient (Wildman–Crippen LogP) is -1.90. The van der Waals surface area contributed by atoms with Crippen molar-refractivity contribution in [1.29, 1.82) is 0 Å². The van der Waals surface area contributed by atoms with Gasteiger partial charge in [0, 0.05) is 6.42 Å². The van der Waals surface area contributed by atoms with Gasteiger partial charge in [-0.3, -0.25) is 0 Å². The molecular weight excluding hydrogens is 160 g/mol. The summed E-state index contributed by atoms with van der Waals surface area (Å²) in [6.45, 7) is 0.664. The van der Waals surface area contributed by atoms with E-state index < -0.39 is 0 Å². The van der Waals surface area contributed by atoms with Crippen LogP contribution >= 0.6 is 0 Å². The lowest BCUT2D eigenvalue weighted by Gasteiger charge is -2.29. The highest BCUT2D eigenvalue weighted by atomic mass is 16.3. The number of hydrogen-bond donors (Lipinski definition) is 2. The molecule has 0 saturated carbocycles. The highest BCUT2D eigenvalue weighted by Crippen LogP contribution is 2.04. The van der Waals surface area contributed by atoms with Crippen molar-refractivity contribution in [3.8, 4) is 0 Å². The van der Waals surface area contributed by atoms with Crippen molar-refractivity contribution in [2.75, 3.05) is 27.7 Å². The molecule has 0 aromatic rings. The minimum Gasteiger partial charge on any atom is -0.412 e. The van der Waals surface area contributed by atoms with Crippen molar-refractivity contribution >= 4 is 0 Å². The molecule has 0 aliphatic rings. The van der Waals surface area contributed by atoms with E-state index >= 15 is 0 Å². The molecule has 0 aliphatic carbocycles. The SMILES string of the molecule is C[N+](C)(C)C(O)CCCN.O.O. The molecule has 0 aromatic heterocycles. The lowest BCUT2D eigenvalue weighted by atomic mass is 10.2. The quantitative estimate of drug-likeness (QED) is 0.392. The fourth-order valence-electron chi connectivity index (χ4n) is 0.688. The second kappa shape index (κ2) is 7.45. The lowest BCUT2D eigenvalue weighted by Crippen LogP contribution is -2.45. The van der Waals surface area contributed by atoms with Crippen LogP contribution in [0.25, 0.3) is 0 Å². The van der Waals surface area contributed by atoms with E-state index in [0.717, 1.165) is 12.8 Å². The van der Waals surface area contributed by atoms with Crippen LogP contribution in [0.3, 0.4) is 0 Å². The molecule has 1 atom stereocenters. The van der Waals surface area contributed by atoms with Crippen molar-refractivity contribution in [2.45, 2.75) is 19.1 Å². The molecule has 0 aliphatic heterocycles. The number of aliphatic hydroxyl groups excluding tert-OH is 1. The van der Waals surface area contributed by atoms with Crippen molar-refractivity contribution in [2.24, 2.45) is 5.73 Å². The highest BCUT2D eigenvalue weighted by Gasteiger charge is 2.18. The third kappa shape index (κ3) is 7.90. The maximum Gasteiger partial charge on any atom is 0.189 e. The van der Waals surface area contributed by atoms with Gasteiger partial charge in [-0.2, -0.15) is 0 Å². The van der Waals surface area contributed by atoms with Crippen LogP contribution in [0.15, 0.2) is 0 Å². The normalized spacial score (nSPS) is 12.8. The number of nitrogens with two attached hydrogens (primary N) is 1. The molecule has 0 radical (unpaired) electrons. The van der Waals surface area contributed by atoms with Gasteiger partial charge in [0.15, 0.2) is 6.23 Å². The van der Waals surface area contributed by atoms with Crippen molar-refractivity contribution in [3.63, 3.8) is 0 Å². The monoisotopic (exact) mass is 183 g/mol. The first-order valence-corrected chi connectivity index (χ1v) is 3.67. The summed E-state index contributed by atoms with van der Waals surface area (Å²) < 4.78 is 0.597. The van der Waals surface area contributed by atoms with Gasteiger partial charge in [-0.05, 0) is 13.0 Å². The van der Waals surface area contributed by atoms with E-state index in [4.69, 9.17) is 5.73 Å². The lowest BCUT2D eigenvalue weighted by molar-refractivity contribution is -0.919. The topological polar surface area (TPSA) is 109 Å². The second-order valence-corrected chi connectivity index (χ2v) is 3.53. The van der Waals surface area contributed by atoms with E-state index in [1.165, 1.54) is 0 Å². The maximum atomic E-state index is 9.43. The Kier molecular flexibility index (Phi) is 11.0. The van der Waals surface area contributed by atoms with E-state index in [1.807, 2.05) is 21.1 Å². The van der Waals surface area contributed by atoms with E-state index in [-0.39, 0.29) is 17.2 Å². The molecule has 0 spiro atoms. The van der Waals surface area contributed by atoms with Gasteiger partial charge in [0.05, 0.1) is 21.1 Å². The second-order valence-electron chi connectivity index (χ2n) is 3.53. The Morgan fingerprint density at radius 2 is 1.67 bits per heavy atom. The third-order valence-corrected chi connectivity index (χ3v) is 1.56. The minimum atomic E-state index is -0.274. The molecule has 0 heterocycles. The predicted molar refractivity (Wildman–Crippen MR) is 49.6 cm³/mol. The number of quaternary nitrogens is 1. The summed E-state index contributed by atoms with van der Waals surface area (Å²) in [4.78, 5) is 0. The van der Waals surface area contributed by atoms with Gasteiger partial charge >= 0.3 is 0 Å². The standard InChI is InChI=1S/C7H19N2O.2H2O/c1-9(2,3)7(10)5-4-6-8;;/h7,10H,4-6,8H2,1-3H3;2*1H2/q+1;;. The molecular formula is C7H23N2O3+. The summed E-state index contributed by atoms with van der Waals surface area (Å²) >= 11 is 0. The Bertz CT molecular complexity index is 93.1. The summed E-state index contributed by atoms with van der Waals surface area (Å²) in [5.74, 6) is 0. The number of rotatable bonds is 4. The smallest absolute Gasteiger partial charge is 0.189 e. The Hall–Kier alpha value is -0.200. The molecule has 0 rings (SSSR count). The van der Waals surface area contributed by atoms with Gasteiger partial charge in [0.2, 0.25) is 0 Å². The molecule has 5 heteroatoms. The van der Waals surface area contributed by atoms with Crippen LogP contribution in [0.4, 0.5) is 0 Å². The number of nitrogens with zero attached hydrogens (tertiary/aromatic N) is 1. The summed E-state index contributed by atoms with van der Waals surface area (Å²) in [6, 6.07) is 0. The van der Waals surface area contributed by atoms with Gasteiger partial charge < -0.3 is 26.3 Å². The third-order valence-electron chi connectivity index (χ3n) is 1.56. The minimum absolute atomic E-state index is 0. The van der Waals surface area contributed by atoms with Gasteiger partial charge in [-0.25, -0.2) is 0 Å². The number of hydrogen-bond acceptors (Lipinski definition) is 2. The Morgan fingerprint density at radius 3 is 1.92 bits per heavy atom. The van der Waals surface area contributed by atoms with Crippen LogP contribution in [-0.2, 0) is 0 Å². The van der Waals surface area contributed by atoms with E-state index in [2.05, 4.69) is 0 Å². The van der Waals surface area contributed by atoms with Crippen LogP contribution in [0.5, 0.6) is 0 Å². The van der Waals surface area contributed by atoms with E-state index in [0.29, 0.717) is 11.0 Å². The average Bonchev–Trinajstić information content (AvgIpc) is 1.80. The molecule has 0 fully saturated rings. The zero-order chi connectivity index (χ0) is 8.20. The first-order chi connectivity index (χ1) is 4.48. The Labute approximate surface area is 74.0 Å².